The molecule has 0 fully saturated rings. The minimum absolute atomic E-state index is 0.397. The highest BCUT2D eigenvalue weighted by Gasteiger charge is 2.06. The smallest absolute Gasteiger partial charge is 0.176 e. The van der Waals surface area contributed by atoms with Gasteiger partial charge in [0.05, 0.1) is 14.2 Å². The molecule has 2 aromatic rings. The Bertz CT molecular complexity index is 590. The van der Waals surface area contributed by atoms with Crippen molar-refractivity contribution in [2.75, 3.05) is 24.9 Å². The molecule has 1 aromatic carbocycles. The van der Waals surface area contributed by atoms with Crippen molar-refractivity contribution in [1.82, 2.24) is 5.16 Å². The highest BCUT2D eigenvalue weighted by Crippen LogP contribution is 2.25. The van der Waals surface area contributed by atoms with Crippen LogP contribution in [0.3, 0.4) is 0 Å². The van der Waals surface area contributed by atoms with Gasteiger partial charge in [-0.1, -0.05) is 5.16 Å². The van der Waals surface area contributed by atoms with Gasteiger partial charge in [0.2, 0.25) is 0 Å². The van der Waals surface area contributed by atoms with Crippen LogP contribution in [0.4, 0.5) is 11.5 Å². The van der Waals surface area contributed by atoms with Crippen LogP contribution in [-0.2, 0) is 0 Å². The number of rotatable bonds is 4. The molecule has 20 heavy (non-hydrogen) atoms. The summed E-state index contributed by atoms with van der Waals surface area (Å²) in [5, 5.41) is 10.1. The third-order valence-electron chi connectivity index (χ3n) is 2.48. The topological polar surface area (TPSA) is 68.5 Å². The van der Waals surface area contributed by atoms with Crippen molar-refractivity contribution >= 4 is 28.8 Å². The lowest BCUT2D eigenvalue weighted by Gasteiger charge is -2.11. The average molecular weight is 293 g/mol. The third-order valence-corrected chi connectivity index (χ3v) is 2.68. The van der Waals surface area contributed by atoms with Crippen molar-refractivity contribution in [3.8, 4) is 11.5 Å². The predicted molar refractivity (Wildman–Crippen MR) is 80.6 cm³/mol. The summed E-state index contributed by atoms with van der Waals surface area (Å²) < 4.78 is 15.3. The molecule has 0 saturated heterocycles. The Kier molecular flexibility index (Phi) is 4.41. The van der Waals surface area contributed by atoms with E-state index in [1.54, 1.807) is 26.4 Å². The maximum absolute atomic E-state index is 5.20. The molecule has 0 amide bonds. The standard InChI is InChI=1S/C13H15N3O3S/c1-8-4-12(16-19-8)15-13(20)14-9-5-10(17-2)7-11(6-9)18-3/h4-7H,1-3H3,(H2,14,15,16,20). The molecule has 0 saturated carbocycles. The number of nitrogens with one attached hydrogen (secondary N) is 2. The van der Waals surface area contributed by atoms with Crippen LogP contribution in [-0.4, -0.2) is 24.5 Å². The highest BCUT2D eigenvalue weighted by atomic mass is 32.1. The molecule has 0 radical (unpaired) electrons. The van der Waals surface area contributed by atoms with Crippen LogP contribution in [0.1, 0.15) is 5.76 Å². The van der Waals surface area contributed by atoms with E-state index in [4.69, 9.17) is 26.2 Å². The van der Waals surface area contributed by atoms with Crippen molar-refractivity contribution in [3.63, 3.8) is 0 Å². The molecule has 106 valence electrons. The fraction of sp³-hybridized carbons (Fsp3) is 0.231. The lowest BCUT2D eigenvalue weighted by Crippen LogP contribution is -2.19. The molecule has 1 heterocycles. The first-order valence-electron chi connectivity index (χ1n) is 5.85. The maximum Gasteiger partial charge on any atom is 0.176 e. The van der Waals surface area contributed by atoms with Gasteiger partial charge in [0.25, 0.3) is 0 Å². The van der Waals surface area contributed by atoms with Gasteiger partial charge in [0.1, 0.15) is 17.3 Å². The van der Waals surface area contributed by atoms with Gasteiger partial charge in [0.15, 0.2) is 10.9 Å². The first-order chi connectivity index (χ1) is 9.60. The van der Waals surface area contributed by atoms with Crippen LogP contribution >= 0.6 is 12.2 Å². The molecular formula is C13H15N3O3S. The van der Waals surface area contributed by atoms with Crippen LogP contribution < -0.4 is 20.1 Å². The van der Waals surface area contributed by atoms with Gasteiger partial charge in [-0.3, -0.25) is 0 Å². The summed E-state index contributed by atoms with van der Waals surface area (Å²) in [6.07, 6.45) is 0. The second kappa shape index (κ2) is 6.25. The zero-order chi connectivity index (χ0) is 14.5. The quantitative estimate of drug-likeness (QED) is 0.840. The Morgan fingerprint density at radius 1 is 1.10 bits per heavy atom. The molecule has 0 spiro atoms. The minimum Gasteiger partial charge on any atom is -0.497 e. The van der Waals surface area contributed by atoms with Crippen molar-refractivity contribution in [3.05, 3.63) is 30.0 Å². The molecular weight excluding hydrogens is 278 g/mol. The Balaban J connectivity index is 2.07. The third kappa shape index (κ3) is 3.61. The van der Waals surface area contributed by atoms with E-state index >= 15 is 0 Å². The Morgan fingerprint density at radius 2 is 1.75 bits per heavy atom. The number of hydrogen-bond donors (Lipinski definition) is 2. The van der Waals surface area contributed by atoms with Crippen molar-refractivity contribution in [2.45, 2.75) is 6.92 Å². The molecule has 0 aliphatic heterocycles. The van der Waals surface area contributed by atoms with Gasteiger partial charge in [0, 0.05) is 30.0 Å². The first kappa shape index (κ1) is 14.1. The second-order valence-electron chi connectivity index (χ2n) is 4.00. The number of hydrogen-bond acceptors (Lipinski definition) is 5. The van der Waals surface area contributed by atoms with E-state index in [9.17, 15) is 0 Å². The van der Waals surface area contributed by atoms with Gasteiger partial charge in [-0.05, 0) is 19.1 Å². The highest BCUT2D eigenvalue weighted by molar-refractivity contribution is 7.80. The van der Waals surface area contributed by atoms with Crippen LogP contribution in [0.2, 0.25) is 0 Å². The van der Waals surface area contributed by atoms with Gasteiger partial charge in [-0.25, -0.2) is 0 Å². The van der Waals surface area contributed by atoms with E-state index < -0.39 is 0 Å². The number of methoxy groups -OCH3 is 2. The number of benzene rings is 1. The van der Waals surface area contributed by atoms with E-state index in [1.165, 1.54) is 0 Å². The van der Waals surface area contributed by atoms with E-state index in [1.807, 2.05) is 19.1 Å². The number of thiocarbonyl (C=S) groups is 1. The number of aromatic nitrogens is 1. The summed E-state index contributed by atoms with van der Waals surface area (Å²) in [5.41, 5.74) is 0.749. The number of anilines is 2. The number of ether oxygens (including phenoxy) is 2. The molecule has 0 aliphatic rings. The number of nitrogens with zero attached hydrogens (tertiary/aromatic N) is 1. The van der Waals surface area contributed by atoms with E-state index in [2.05, 4.69) is 15.8 Å². The predicted octanol–water partition coefficient (Wildman–Crippen LogP) is 2.81. The summed E-state index contributed by atoms with van der Waals surface area (Å²) in [7, 11) is 3.18. The zero-order valence-electron chi connectivity index (χ0n) is 11.4. The molecule has 0 unspecified atom stereocenters. The molecule has 7 heteroatoms. The Labute approximate surface area is 122 Å². The van der Waals surface area contributed by atoms with Gasteiger partial charge in [-0.2, -0.15) is 0 Å². The van der Waals surface area contributed by atoms with Gasteiger partial charge >= 0.3 is 0 Å². The summed E-state index contributed by atoms with van der Waals surface area (Å²) in [5.74, 6) is 2.60. The van der Waals surface area contributed by atoms with Crippen LogP contribution in [0.5, 0.6) is 11.5 Å². The maximum atomic E-state index is 5.20. The average Bonchev–Trinajstić information content (AvgIpc) is 2.83. The van der Waals surface area contributed by atoms with Crippen molar-refractivity contribution in [2.24, 2.45) is 0 Å². The lowest BCUT2D eigenvalue weighted by molar-refractivity contribution is 0.395. The fourth-order valence-electron chi connectivity index (χ4n) is 1.58. The summed E-state index contributed by atoms with van der Waals surface area (Å²) >= 11 is 5.20. The Hall–Kier alpha value is -2.28. The monoisotopic (exact) mass is 293 g/mol. The van der Waals surface area contributed by atoms with E-state index in [-0.39, 0.29) is 0 Å². The largest absolute Gasteiger partial charge is 0.497 e. The molecule has 2 N–H and O–H groups in total. The van der Waals surface area contributed by atoms with E-state index in [0.29, 0.717) is 28.2 Å². The Morgan fingerprint density at radius 3 is 2.25 bits per heavy atom. The molecule has 0 bridgehead atoms. The van der Waals surface area contributed by atoms with Crippen LogP contribution in [0.15, 0.2) is 28.8 Å². The molecule has 0 atom stereocenters. The van der Waals surface area contributed by atoms with Gasteiger partial charge in [-0.15, -0.1) is 0 Å². The minimum atomic E-state index is 0.397. The van der Waals surface area contributed by atoms with Gasteiger partial charge < -0.3 is 24.6 Å². The normalized spacial score (nSPS) is 9.95. The lowest BCUT2D eigenvalue weighted by atomic mass is 10.3. The number of aryl methyl sites for hydroxylation is 1. The van der Waals surface area contributed by atoms with Crippen molar-refractivity contribution < 1.29 is 14.0 Å². The first-order valence-corrected chi connectivity index (χ1v) is 6.26. The SMILES string of the molecule is COc1cc(NC(=S)Nc2cc(C)on2)cc(OC)c1. The van der Waals surface area contributed by atoms with E-state index in [0.717, 1.165) is 5.69 Å². The fourth-order valence-corrected chi connectivity index (χ4v) is 1.81. The molecule has 6 nitrogen and oxygen atoms in total. The summed E-state index contributed by atoms with van der Waals surface area (Å²) in [4.78, 5) is 0. The summed E-state index contributed by atoms with van der Waals surface area (Å²) in [6, 6.07) is 7.15. The molecule has 0 aliphatic carbocycles. The summed E-state index contributed by atoms with van der Waals surface area (Å²) in [6.45, 7) is 1.81. The van der Waals surface area contributed by atoms with Crippen molar-refractivity contribution in [1.29, 1.82) is 0 Å². The zero-order valence-corrected chi connectivity index (χ0v) is 12.2. The molecule has 1 aromatic heterocycles. The van der Waals surface area contributed by atoms with Crippen LogP contribution in [0, 0.1) is 6.92 Å². The second-order valence-corrected chi connectivity index (χ2v) is 4.41. The van der Waals surface area contributed by atoms with Crippen LogP contribution in [0.25, 0.3) is 0 Å². The molecule has 2 rings (SSSR count).